The number of esters is 1. The van der Waals surface area contributed by atoms with Gasteiger partial charge in [-0.15, -0.1) is 0 Å². The molecule has 0 aliphatic heterocycles. The van der Waals surface area contributed by atoms with Crippen LogP contribution >= 0.6 is 0 Å². The Labute approximate surface area is 117 Å². The van der Waals surface area contributed by atoms with Gasteiger partial charge in [-0.3, -0.25) is 9.00 Å². The van der Waals surface area contributed by atoms with Crippen molar-refractivity contribution in [3.8, 4) is 0 Å². The fourth-order valence-electron chi connectivity index (χ4n) is 1.25. The maximum absolute atomic E-state index is 11.6. The van der Waals surface area contributed by atoms with E-state index in [4.69, 9.17) is 14.2 Å². The van der Waals surface area contributed by atoms with Gasteiger partial charge in [-0.2, -0.15) is 0 Å². The Morgan fingerprint density at radius 3 is 2.21 bits per heavy atom. The van der Waals surface area contributed by atoms with Crippen LogP contribution in [0.2, 0.25) is 0 Å². The lowest BCUT2D eigenvalue weighted by Crippen LogP contribution is -2.22. The lowest BCUT2D eigenvalue weighted by atomic mass is 10.2. The molecule has 0 saturated heterocycles. The van der Waals surface area contributed by atoms with E-state index in [0.717, 1.165) is 0 Å². The highest BCUT2D eigenvalue weighted by Crippen LogP contribution is 2.01. The summed E-state index contributed by atoms with van der Waals surface area (Å²) in [4.78, 5) is 11.1. The number of carbonyl (C=O) groups is 1. The standard InChI is InChI=1S/C12H24O6S/c1-11(12(13)16-3)10-19(14)9-8-18-7-6-17-5-4-15-2/h11H,4-10H2,1-3H3. The Kier molecular flexibility index (Phi) is 12.2. The molecule has 0 amide bonds. The van der Waals surface area contributed by atoms with Gasteiger partial charge in [0.05, 0.1) is 46.1 Å². The van der Waals surface area contributed by atoms with Crippen molar-refractivity contribution in [1.29, 1.82) is 0 Å². The molecule has 0 heterocycles. The molecule has 0 aromatic rings. The van der Waals surface area contributed by atoms with Crippen LogP contribution in [0.5, 0.6) is 0 Å². The molecule has 0 aliphatic carbocycles. The summed E-state index contributed by atoms with van der Waals surface area (Å²) < 4.78 is 31.5. The van der Waals surface area contributed by atoms with Gasteiger partial charge in [-0.1, -0.05) is 6.92 Å². The van der Waals surface area contributed by atoms with E-state index >= 15 is 0 Å². The molecule has 0 bridgehead atoms. The summed E-state index contributed by atoms with van der Waals surface area (Å²) in [6, 6.07) is 0. The zero-order chi connectivity index (χ0) is 14.5. The molecule has 0 N–H and O–H groups in total. The lowest BCUT2D eigenvalue weighted by molar-refractivity contribution is -0.144. The minimum Gasteiger partial charge on any atom is -0.469 e. The van der Waals surface area contributed by atoms with E-state index in [9.17, 15) is 9.00 Å². The Balaban J connectivity index is 3.41. The van der Waals surface area contributed by atoms with Gasteiger partial charge in [0.1, 0.15) is 0 Å². The van der Waals surface area contributed by atoms with Crippen LogP contribution in [0.1, 0.15) is 6.92 Å². The summed E-state index contributed by atoms with van der Waals surface area (Å²) in [5.74, 6) is 0.0452. The van der Waals surface area contributed by atoms with Crippen molar-refractivity contribution in [2.45, 2.75) is 6.92 Å². The van der Waals surface area contributed by atoms with E-state index in [-0.39, 0.29) is 11.9 Å². The molecular weight excluding hydrogens is 272 g/mol. The Hall–Kier alpha value is -0.500. The van der Waals surface area contributed by atoms with Crippen molar-refractivity contribution < 1.29 is 28.0 Å². The monoisotopic (exact) mass is 296 g/mol. The van der Waals surface area contributed by atoms with Gasteiger partial charge in [-0.25, -0.2) is 0 Å². The van der Waals surface area contributed by atoms with E-state index in [1.807, 2.05) is 0 Å². The zero-order valence-corrected chi connectivity index (χ0v) is 12.7. The Morgan fingerprint density at radius 1 is 1.05 bits per heavy atom. The number of hydrogen-bond donors (Lipinski definition) is 0. The highest BCUT2D eigenvalue weighted by Gasteiger charge is 2.16. The van der Waals surface area contributed by atoms with E-state index in [2.05, 4.69) is 4.74 Å². The highest BCUT2D eigenvalue weighted by atomic mass is 32.2. The third kappa shape index (κ3) is 11.1. The molecule has 7 heteroatoms. The number of methoxy groups -OCH3 is 2. The summed E-state index contributed by atoms with van der Waals surface area (Å²) >= 11 is 0. The molecule has 0 fully saturated rings. The fraction of sp³-hybridized carbons (Fsp3) is 0.917. The molecule has 2 unspecified atom stereocenters. The Bertz CT molecular complexity index is 259. The average Bonchev–Trinajstić information content (AvgIpc) is 2.40. The molecular formula is C12H24O6S. The first-order valence-corrected chi connectivity index (χ1v) is 7.67. The van der Waals surface area contributed by atoms with E-state index in [0.29, 0.717) is 44.5 Å². The van der Waals surface area contributed by atoms with Crippen LogP contribution in [0.4, 0.5) is 0 Å². The van der Waals surface area contributed by atoms with Gasteiger partial charge >= 0.3 is 5.97 Å². The molecule has 0 rings (SSSR count). The SMILES string of the molecule is COCCOCCOCCS(=O)CC(C)C(=O)OC. The summed E-state index contributed by atoms with van der Waals surface area (Å²) in [7, 11) is 1.87. The normalized spacial score (nSPS) is 14.1. The lowest BCUT2D eigenvalue weighted by Gasteiger charge is -2.09. The Morgan fingerprint density at radius 2 is 1.63 bits per heavy atom. The molecule has 0 aromatic heterocycles. The van der Waals surface area contributed by atoms with Gasteiger partial charge < -0.3 is 18.9 Å². The second-order valence-electron chi connectivity index (χ2n) is 3.95. The first kappa shape index (κ1) is 18.5. The number of carbonyl (C=O) groups excluding carboxylic acids is 1. The van der Waals surface area contributed by atoms with Crippen molar-refractivity contribution in [2.24, 2.45) is 5.92 Å². The van der Waals surface area contributed by atoms with Gasteiger partial charge in [-0.05, 0) is 0 Å². The van der Waals surface area contributed by atoms with E-state index < -0.39 is 10.8 Å². The van der Waals surface area contributed by atoms with Gasteiger partial charge in [0.2, 0.25) is 0 Å². The third-order valence-electron chi connectivity index (χ3n) is 2.30. The fourth-order valence-corrected chi connectivity index (χ4v) is 2.41. The first-order valence-electron chi connectivity index (χ1n) is 6.19. The second kappa shape index (κ2) is 12.5. The predicted octanol–water partition coefficient (Wildman–Crippen LogP) is 0.224. The molecule has 0 spiro atoms. The van der Waals surface area contributed by atoms with Crippen molar-refractivity contribution in [3.63, 3.8) is 0 Å². The number of hydrogen-bond acceptors (Lipinski definition) is 6. The minimum absolute atomic E-state index is 0.306. The van der Waals surface area contributed by atoms with Gasteiger partial charge in [0.15, 0.2) is 0 Å². The molecule has 0 radical (unpaired) electrons. The van der Waals surface area contributed by atoms with Crippen LogP contribution in [0, 0.1) is 5.92 Å². The summed E-state index contributed by atoms with van der Waals surface area (Å²) in [5.41, 5.74) is 0. The molecule has 0 aromatic carbocycles. The predicted molar refractivity (Wildman–Crippen MR) is 72.6 cm³/mol. The molecule has 0 saturated carbocycles. The average molecular weight is 296 g/mol. The molecule has 2 atom stereocenters. The summed E-state index contributed by atoms with van der Waals surface area (Å²) in [5, 5.41) is 0. The van der Waals surface area contributed by atoms with Crippen LogP contribution in [0.15, 0.2) is 0 Å². The quantitative estimate of drug-likeness (QED) is 0.379. The topological polar surface area (TPSA) is 71.1 Å². The maximum atomic E-state index is 11.6. The maximum Gasteiger partial charge on any atom is 0.309 e. The van der Waals surface area contributed by atoms with Crippen LogP contribution < -0.4 is 0 Å². The third-order valence-corrected chi connectivity index (χ3v) is 3.79. The number of rotatable bonds is 12. The van der Waals surface area contributed by atoms with Crippen molar-refractivity contribution in [2.75, 3.05) is 58.8 Å². The van der Waals surface area contributed by atoms with Gasteiger partial charge in [0.25, 0.3) is 0 Å². The molecule has 0 aliphatic rings. The largest absolute Gasteiger partial charge is 0.469 e. The van der Waals surface area contributed by atoms with Crippen molar-refractivity contribution >= 4 is 16.8 Å². The van der Waals surface area contributed by atoms with Crippen LogP contribution in [0.25, 0.3) is 0 Å². The summed E-state index contributed by atoms with van der Waals surface area (Å²) in [6.45, 7) is 4.17. The molecule has 19 heavy (non-hydrogen) atoms. The van der Waals surface area contributed by atoms with E-state index in [1.54, 1.807) is 14.0 Å². The molecule has 6 nitrogen and oxygen atoms in total. The van der Waals surface area contributed by atoms with Crippen molar-refractivity contribution in [1.82, 2.24) is 0 Å². The first-order chi connectivity index (χ1) is 9.11. The van der Waals surface area contributed by atoms with Gasteiger partial charge in [0, 0.05) is 29.4 Å². The van der Waals surface area contributed by atoms with Crippen LogP contribution in [0.3, 0.4) is 0 Å². The van der Waals surface area contributed by atoms with E-state index in [1.165, 1.54) is 7.11 Å². The zero-order valence-electron chi connectivity index (χ0n) is 11.9. The molecule has 114 valence electrons. The minimum atomic E-state index is -1.07. The number of ether oxygens (including phenoxy) is 4. The van der Waals surface area contributed by atoms with Crippen LogP contribution in [-0.2, 0) is 34.5 Å². The highest BCUT2D eigenvalue weighted by molar-refractivity contribution is 7.85. The van der Waals surface area contributed by atoms with Crippen LogP contribution in [-0.4, -0.2) is 68.9 Å². The smallest absolute Gasteiger partial charge is 0.309 e. The summed E-state index contributed by atoms with van der Waals surface area (Å²) in [6.07, 6.45) is 0. The van der Waals surface area contributed by atoms with Crippen molar-refractivity contribution in [3.05, 3.63) is 0 Å². The second-order valence-corrected chi connectivity index (χ2v) is 5.57.